The largest absolute Gasteiger partial charge is 0.312 e. The van der Waals surface area contributed by atoms with E-state index in [0.29, 0.717) is 0 Å². The van der Waals surface area contributed by atoms with E-state index >= 15 is 0 Å². The van der Waals surface area contributed by atoms with E-state index in [4.69, 9.17) is 0 Å². The van der Waals surface area contributed by atoms with Crippen molar-refractivity contribution in [2.24, 2.45) is 0 Å². The van der Waals surface area contributed by atoms with E-state index in [0.717, 1.165) is 0 Å². The molecule has 0 unspecified atom stereocenters. The molecule has 1 nitrogen and oxygen atoms in total. The van der Waals surface area contributed by atoms with Gasteiger partial charge in [0.1, 0.15) is 0 Å². The van der Waals surface area contributed by atoms with Crippen molar-refractivity contribution in [3.63, 3.8) is 0 Å². The Hall–Kier alpha value is -5.60. The smallest absolute Gasteiger partial charge is 0.247 e. The number of benzene rings is 7. The van der Waals surface area contributed by atoms with Crippen LogP contribution in [0.5, 0.6) is 0 Å². The minimum atomic E-state index is -0.193. The Morgan fingerprint density at radius 3 is 1.66 bits per heavy atom. The predicted molar refractivity (Wildman–Crippen MR) is 201 cm³/mol. The van der Waals surface area contributed by atoms with Gasteiger partial charge >= 0.3 is 0 Å². The van der Waals surface area contributed by atoms with Crippen LogP contribution in [0.15, 0.2) is 170 Å². The topological polar surface area (TPSA) is 3.24 Å². The Bertz CT molecular complexity index is 2250. The lowest BCUT2D eigenvalue weighted by molar-refractivity contribution is 0.647. The second-order valence-electron chi connectivity index (χ2n) is 13.3. The van der Waals surface area contributed by atoms with Gasteiger partial charge in [0.05, 0.1) is 0 Å². The Labute approximate surface area is 277 Å². The van der Waals surface area contributed by atoms with Crippen molar-refractivity contribution in [2.75, 3.05) is 4.90 Å². The van der Waals surface area contributed by atoms with Gasteiger partial charge < -0.3 is 4.90 Å². The predicted octanol–water partition coefficient (Wildman–Crippen LogP) is 9.63. The quantitative estimate of drug-likeness (QED) is 0.182. The zero-order valence-electron chi connectivity index (χ0n) is 26.7. The molecule has 2 aliphatic heterocycles. The zero-order valence-corrected chi connectivity index (χ0v) is 26.7. The van der Waals surface area contributed by atoms with Gasteiger partial charge in [-0.1, -0.05) is 165 Å². The molecule has 7 aromatic carbocycles. The normalized spacial score (nSPS) is 13.8. The molecule has 222 valence electrons. The maximum absolute atomic E-state index is 2.51. The van der Waals surface area contributed by atoms with Crippen molar-refractivity contribution in [1.29, 1.82) is 0 Å². The number of anilines is 3. The minimum Gasteiger partial charge on any atom is -0.312 e. The lowest BCUT2D eigenvalue weighted by Crippen LogP contribution is -2.64. The van der Waals surface area contributed by atoms with E-state index in [9.17, 15) is 0 Å². The Morgan fingerprint density at radius 1 is 0.447 bits per heavy atom. The van der Waals surface area contributed by atoms with E-state index < -0.39 is 0 Å². The van der Waals surface area contributed by atoms with Crippen LogP contribution in [-0.2, 0) is 5.41 Å². The highest BCUT2D eigenvalue weighted by Gasteiger charge is 2.47. The Balaban J connectivity index is 1.34. The van der Waals surface area contributed by atoms with Crippen LogP contribution in [0.1, 0.15) is 25.0 Å². The van der Waals surface area contributed by atoms with E-state index in [1.807, 2.05) is 0 Å². The number of hydrogen-bond acceptors (Lipinski definition) is 1. The molecule has 0 aromatic heterocycles. The third-order valence-electron chi connectivity index (χ3n) is 10.3. The molecule has 0 fully saturated rings. The lowest BCUT2D eigenvalue weighted by atomic mass is 9.29. The lowest BCUT2D eigenvalue weighted by Gasteiger charge is -2.46. The van der Waals surface area contributed by atoms with Crippen LogP contribution in [0, 0.1) is 0 Å². The SMILES string of the molecule is CC1(C)c2ccccc2B2c3cc(-c4ccccc4)ccc3N(c3ccc(-c4ccccc4)cc3)c3ccc(-c4ccccc4)c1c32. The monoisotopic (exact) mass is 599 g/mol. The summed E-state index contributed by atoms with van der Waals surface area (Å²) in [5, 5.41) is 0. The summed E-state index contributed by atoms with van der Waals surface area (Å²) >= 11 is 0. The van der Waals surface area contributed by atoms with Crippen LogP contribution in [0.2, 0.25) is 0 Å². The summed E-state index contributed by atoms with van der Waals surface area (Å²) in [5.74, 6) is 0. The fourth-order valence-electron chi connectivity index (χ4n) is 8.20. The first-order valence-corrected chi connectivity index (χ1v) is 16.6. The molecule has 0 saturated carbocycles. The standard InChI is InChI=1S/C45H34BN/c1-45(2)38-20-12-13-21-39(38)46-40-30-35(32-16-8-4-9-17-32)24-28-41(40)47(36-25-22-33(23-26-36)31-14-6-3-7-15-31)42-29-27-37(43(45)44(42)46)34-18-10-5-11-19-34/h3-30H,1-2H3. The maximum atomic E-state index is 2.51. The number of nitrogens with zero attached hydrogens (tertiary/aromatic N) is 1. The second-order valence-corrected chi connectivity index (χ2v) is 13.3. The van der Waals surface area contributed by atoms with Crippen molar-refractivity contribution in [1.82, 2.24) is 0 Å². The summed E-state index contributed by atoms with van der Waals surface area (Å²) in [5.41, 5.74) is 18.0. The van der Waals surface area contributed by atoms with Crippen molar-refractivity contribution >= 4 is 40.2 Å². The van der Waals surface area contributed by atoms with E-state index in [2.05, 4.69) is 189 Å². The van der Waals surface area contributed by atoms with E-state index in [1.165, 1.54) is 78.0 Å². The molecular weight excluding hydrogens is 565 g/mol. The minimum absolute atomic E-state index is 0.117. The molecule has 47 heavy (non-hydrogen) atoms. The maximum Gasteiger partial charge on any atom is 0.247 e. The van der Waals surface area contributed by atoms with Gasteiger partial charge in [0.2, 0.25) is 6.71 Å². The van der Waals surface area contributed by atoms with Gasteiger partial charge in [-0.25, -0.2) is 0 Å². The first-order valence-electron chi connectivity index (χ1n) is 16.6. The molecule has 0 radical (unpaired) electrons. The van der Waals surface area contributed by atoms with Gasteiger partial charge in [-0.15, -0.1) is 0 Å². The molecule has 2 heteroatoms. The molecule has 0 saturated heterocycles. The third-order valence-corrected chi connectivity index (χ3v) is 10.3. The molecular formula is C45H34BN. The number of fused-ring (bicyclic) bond motifs is 4. The highest BCUT2D eigenvalue weighted by atomic mass is 15.1. The summed E-state index contributed by atoms with van der Waals surface area (Å²) in [6, 6.07) is 62.5. The fourth-order valence-corrected chi connectivity index (χ4v) is 8.20. The van der Waals surface area contributed by atoms with Crippen LogP contribution in [0.25, 0.3) is 33.4 Å². The molecule has 2 heterocycles. The first kappa shape index (κ1) is 27.7. The van der Waals surface area contributed by atoms with Gasteiger partial charge in [0.15, 0.2) is 0 Å². The average Bonchev–Trinajstić information content (AvgIpc) is 3.14. The van der Waals surface area contributed by atoms with Gasteiger partial charge in [-0.05, 0) is 79.7 Å². The van der Waals surface area contributed by atoms with E-state index in [1.54, 1.807) is 0 Å². The summed E-state index contributed by atoms with van der Waals surface area (Å²) in [7, 11) is 0. The fraction of sp³-hybridized carbons (Fsp3) is 0.0667. The first-order chi connectivity index (χ1) is 23.1. The molecule has 0 bridgehead atoms. The van der Waals surface area contributed by atoms with Crippen molar-refractivity contribution in [2.45, 2.75) is 19.3 Å². The summed E-state index contributed by atoms with van der Waals surface area (Å²) < 4.78 is 0. The molecule has 2 aliphatic rings. The van der Waals surface area contributed by atoms with Gasteiger partial charge in [-0.3, -0.25) is 0 Å². The Morgan fingerprint density at radius 2 is 0.979 bits per heavy atom. The molecule has 9 rings (SSSR count). The van der Waals surface area contributed by atoms with Crippen molar-refractivity contribution in [3.05, 3.63) is 181 Å². The van der Waals surface area contributed by atoms with Crippen LogP contribution in [-0.4, -0.2) is 6.71 Å². The summed E-state index contributed by atoms with van der Waals surface area (Å²) in [6.45, 7) is 4.95. The molecule has 0 N–H and O–H groups in total. The van der Waals surface area contributed by atoms with Crippen LogP contribution >= 0.6 is 0 Å². The average molecular weight is 600 g/mol. The van der Waals surface area contributed by atoms with Crippen LogP contribution in [0.4, 0.5) is 17.1 Å². The third kappa shape index (κ3) is 4.32. The van der Waals surface area contributed by atoms with Gasteiger partial charge in [-0.2, -0.15) is 0 Å². The molecule has 0 spiro atoms. The van der Waals surface area contributed by atoms with Gasteiger partial charge in [0.25, 0.3) is 0 Å². The zero-order chi connectivity index (χ0) is 31.5. The highest BCUT2D eigenvalue weighted by molar-refractivity contribution is 6.99. The van der Waals surface area contributed by atoms with Gasteiger partial charge in [0, 0.05) is 22.5 Å². The van der Waals surface area contributed by atoms with E-state index in [-0.39, 0.29) is 12.1 Å². The number of rotatable bonds is 4. The molecule has 7 aromatic rings. The summed E-state index contributed by atoms with van der Waals surface area (Å²) in [6.07, 6.45) is 0. The van der Waals surface area contributed by atoms with Crippen LogP contribution < -0.4 is 21.3 Å². The van der Waals surface area contributed by atoms with Crippen molar-refractivity contribution < 1.29 is 0 Å². The number of hydrogen-bond donors (Lipinski definition) is 0. The highest BCUT2D eigenvalue weighted by Crippen LogP contribution is 2.46. The van der Waals surface area contributed by atoms with Crippen molar-refractivity contribution in [3.8, 4) is 33.4 Å². The molecule has 0 amide bonds. The second kappa shape index (κ2) is 10.7. The van der Waals surface area contributed by atoms with Crippen LogP contribution in [0.3, 0.4) is 0 Å². The molecule has 0 atom stereocenters. The summed E-state index contributed by atoms with van der Waals surface area (Å²) in [4.78, 5) is 2.51. The molecule has 0 aliphatic carbocycles. The Kier molecular flexibility index (Phi) is 6.33.